The van der Waals surface area contributed by atoms with Gasteiger partial charge in [-0.3, -0.25) is 0 Å². The predicted octanol–water partition coefficient (Wildman–Crippen LogP) is 3.14. The summed E-state index contributed by atoms with van der Waals surface area (Å²) in [5.41, 5.74) is 6.13. The van der Waals surface area contributed by atoms with E-state index in [1.165, 1.54) is 48.0 Å². The fraction of sp³-hybridized carbons (Fsp3) is 0.200. The number of hydrogen-bond donors (Lipinski definition) is 1. The molecule has 1 aromatic heterocycles. The second kappa shape index (κ2) is 5.77. The monoisotopic (exact) mass is 303 g/mol. The first kappa shape index (κ1) is 13.4. The first-order chi connectivity index (χ1) is 8.63. The summed E-state index contributed by atoms with van der Waals surface area (Å²) < 4.78 is 20.0. The van der Waals surface area contributed by atoms with Gasteiger partial charge in [0.15, 0.2) is 20.2 Å². The maximum absolute atomic E-state index is 13.4. The van der Waals surface area contributed by atoms with Crippen molar-refractivity contribution in [2.45, 2.75) is 13.6 Å². The molecule has 0 atom stereocenters. The van der Waals surface area contributed by atoms with Gasteiger partial charge in [-0.2, -0.15) is 0 Å². The summed E-state index contributed by atoms with van der Waals surface area (Å²) in [6.07, 6.45) is 1.93. The topological polar surface area (TPSA) is 61.0 Å². The van der Waals surface area contributed by atoms with Crippen LogP contribution in [0.3, 0.4) is 0 Å². The van der Waals surface area contributed by atoms with Crippen LogP contribution in [-0.4, -0.2) is 23.6 Å². The number of methoxy groups -OCH3 is 1. The largest absolute Gasteiger partial charge is 0.494 e. The highest BCUT2D eigenvalue weighted by molar-refractivity contribution is 8.03. The Morgan fingerprint density at radius 3 is 2.67 bits per heavy atom. The molecule has 0 aliphatic carbocycles. The van der Waals surface area contributed by atoms with E-state index in [0.717, 1.165) is 8.68 Å². The second-order valence-electron chi connectivity index (χ2n) is 3.16. The highest BCUT2D eigenvalue weighted by atomic mass is 32.2. The van der Waals surface area contributed by atoms with Gasteiger partial charge in [0.1, 0.15) is 0 Å². The summed E-state index contributed by atoms with van der Waals surface area (Å²) >= 11 is 4.35. The molecule has 96 valence electrons. The average molecular weight is 303 g/mol. The molecule has 0 unspecified atom stereocenters. The molecule has 4 nitrogen and oxygen atoms in total. The van der Waals surface area contributed by atoms with E-state index in [1.807, 2.05) is 6.26 Å². The van der Waals surface area contributed by atoms with Crippen molar-refractivity contribution < 1.29 is 9.13 Å². The number of benzene rings is 1. The van der Waals surface area contributed by atoms with Crippen LogP contribution in [0.4, 0.5) is 10.1 Å². The molecule has 0 spiro atoms. The number of rotatable bonds is 4. The lowest BCUT2D eigenvalue weighted by Gasteiger charge is -2.07. The van der Waals surface area contributed by atoms with Gasteiger partial charge in [0.2, 0.25) is 0 Å². The highest BCUT2D eigenvalue weighted by Crippen LogP contribution is 2.38. The van der Waals surface area contributed by atoms with Crippen LogP contribution in [0, 0.1) is 5.82 Å². The van der Waals surface area contributed by atoms with Crippen LogP contribution < -0.4 is 10.5 Å². The highest BCUT2D eigenvalue weighted by Gasteiger charge is 2.12. The van der Waals surface area contributed by atoms with Crippen molar-refractivity contribution >= 4 is 40.5 Å². The van der Waals surface area contributed by atoms with E-state index < -0.39 is 5.82 Å². The number of thioether (sulfide) groups is 1. The molecule has 0 radical (unpaired) electrons. The fourth-order valence-corrected chi connectivity index (χ4v) is 3.66. The van der Waals surface area contributed by atoms with Crippen LogP contribution in [0.5, 0.6) is 5.75 Å². The molecule has 0 saturated carbocycles. The van der Waals surface area contributed by atoms with Gasteiger partial charge >= 0.3 is 0 Å². The van der Waals surface area contributed by atoms with E-state index >= 15 is 0 Å². The van der Waals surface area contributed by atoms with E-state index in [1.54, 1.807) is 6.07 Å². The zero-order chi connectivity index (χ0) is 13.1. The van der Waals surface area contributed by atoms with Crippen LogP contribution in [0.1, 0.15) is 0 Å². The van der Waals surface area contributed by atoms with Gasteiger partial charge < -0.3 is 10.5 Å². The van der Waals surface area contributed by atoms with Crippen LogP contribution >= 0.6 is 34.9 Å². The zero-order valence-electron chi connectivity index (χ0n) is 9.64. The number of nitrogens with zero attached hydrogens (tertiary/aromatic N) is 2. The lowest BCUT2D eigenvalue weighted by atomic mass is 10.3. The number of hydrogen-bond acceptors (Lipinski definition) is 7. The first-order valence-electron chi connectivity index (χ1n) is 4.82. The molecule has 2 rings (SSSR count). The Balaban J connectivity index is 2.28. The minimum Gasteiger partial charge on any atom is -0.494 e. The van der Waals surface area contributed by atoms with Crippen molar-refractivity contribution in [3.8, 4) is 5.75 Å². The van der Waals surface area contributed by atoms with Gasteiger partial charge in [-0.05, 0) is 12.3 Å². The lowest BCUT2D eigenvalue weighted by Crippen LogP contribution is -1.94. The van der Waals surface area contributed by atoms with Gasteiger partial charge in [0.05, 0.1) is 7.11 Å². The minimum atomic E-state index is -0.471. The molecule has 1 aromatic carbocycles. The molecular weight excluding hydrogens is 293 g/mol. The fourth-order valence-electron chi connectivity index (χ4n) is 1.21. The Labute approximate surface area is 116 Å². The van der Waals surface area contributed by atoms with Crippen molar-refractivity contribution in [2.24, 2.45) is 0 Å². The first-order valence-corrected chi connectivity index (χ1v) is 7.68. The molecule has 2 N–H and O–H groups in total. The van der Waals surface area contributed by atoms with E-state index in [-0.39, 0.29) is 5.75 Å². The van der Waals surface area contributed by atoms with Gasteiger partial charge in [-0.1, -0.05) is 34.9 Å². The van der Waals surface area contributed by atoms with Gasteiger partial charge in [0, 0.05) is 16.6 Å². The molecule has 0 fully saturated rings. The predicted molar refractivity (Wildman–Crippen MR) is 73.2 cm³/mol. The smallest absolute Gasteiger partial charge is 0.179 e. The third-order valence-corrected chi connectivity index (χ3v) is 5.07. The summed E-state index contributed by atoms with van der Waals surface area (Å²) in [5.74, 6) is -0.303. The van der Waals surface area contributed by atoms with Crippen molar-refractivity contribution in [1.82, 2.24) is 10.2 Å². The Kier molecular flexibility index (Phi) is 4.31. The number of aromatic nitrogens is 2. The molecule has 8 heteroatoms. The molecule has 0 amide bonds. The van der Waals surface area contributed by atoms with Crippen LogP contribution in [0.15, 0.2) is 25.7 Å². The Bertz CT molecular complexity index is 561. The molecular formula is C10H10FN3OS3. The summed E-state index contributed by atoms with van der Waals surface area (Å²) in [7, 11) is 1.42. The molecule has 0 bridgehead atoms. The minimum absolute atomic E-state index is 0.168. The van der Waals surface area contributed by atoms with Crippen molar-refractivity contribution in [1.29, 1.82) is 0 Å². The number of ether oxygens (including phenoxy) is 1. The van der Waals surface area contributed by atoms with Crippen LogP contribution in [-0.2, 0) is 0 Å². The normalized spacial score (nSPS) is 10.6. The molecule has 0 saturated heterocycles. The Morgan fingerprint density at radius 1 is 1.33 bits per heavy atom. The van der Waals surface area contributed by atoms with E-state index in [4.69, 9.17) is 10.5 Å². The molecule has 1 heterocycles. The Hall–Kier alpha value is -0.990. The molecule has 0 aliphatic rings. The standard InChI is InChI=1S/C10H10FN3OS3/c1-15-7-4-8(6(12)3-5(7)11)17-10-14-13-9(16-2)18-10/h3-4H,12H2,1-2H3. The molecule has 0 aliphatic heterocycles. The third kappa shape index (κ3) is 2.88. The van der Waals surface area contributed by atoms with Crippen LogP contribution in [0.2, 0.25) is 0 Å². The Morgan fingerprint density at radius 2 is 2.06 bits per heavy atom. The quantitative estimate of drug-likeness (QED) is 0.691. The number of nitrogens with two attached hydrogens (primary N) is 1. The van der Waals surface area contributed by atoms with Gasteiger partial charge in [0.25, 0.3) is 0 Å². The zero-order valence-corrected chi connectivity index (χ0v) is 12.1. The summed E-state index contributed by atoms with van der Waals surface area (Å²) in [4.78, 5) is 0.706. The van der Waals surface area contributed by atoms with Crippen molar-refractivity contribution in [3.63, 3.8) is 0 Å². The summed E-state index contributed by atoms with van der Waals surface area (Å²) in [6.45, 7) is 0. The number of anilines is 1. The maximum atomic E-state index is 13.4. The number of halogens is 1. The van der Waals surface area contributed by atoms with Crippen molar-refractivity contribution in [2.75, 3.05) is 19.1 Å². The third-order valence-electron chi connectivity index (χ3n) is 2.04. The SMILES string of the molecule is COc1cc(Sc2nnc(SC)s2)c(N)cc1F. The second-order valence-corrected chi connectivity index (χ2v) is 6.48. The summed E-state index contributed by atoms with van der Waals surface area (Å²) in [5, 5.41) is 8.01. The van der Waals surface area contributed by atoms with Gasteiger partial charge in [-0.15, -0.1) is 10.2 Å². The molecule has 18 heavy (non-hydrogen) atoms. The van der Waals surface area contributed by atoms with E-state index in [9.17, 15) is 4.39 Å². The van der Waals surface area contributed by atoms with Crippen LogP contribution in [0.25, 0.3) is 0 Å². The lowest BCUT2D eigenvalue weighted by molar-refractivity contribution is 0.385. The summed E-state index contributed by atoms with van der Waals surface area (Å²) in [6, 6.07) is 2.81. The number of nitrogen functional groups attached to an aromatic ring is 1. The maximum Gasteiger partial charge on any atom is 0.179 e. The van der Waals surface area contributed by atoms with Gasteiger partial charge in [-0.25, -0.2) is 4.39 Å². The van der Waals surface area contributed by atoms with Crippen molar-refractivity contribution in [3.05, 3.63) is 17.9 Å². The average Bonchev–Trinajstić information content (AvgIpc) is 2.80. The molecule has 2 aromatic rings. The van der Waals surface area contributed by atoms with E-state index in [0.29, 0.717) is 10.6 Å². The van der Waals surface area contributed by atoms with E-state index in [2.05, 4.69) is 10.2 Å².